The predicted octanol–water partition coefficient (Wildman–Crippen LogP) is 3.20. The summed E-state index contributed by atoms with van der Waals surface area (Å²) in [5.74, 6) is 1.82. The maximum atomic E-state index is 5.17. The van der Waals surface area contributed by atoms with Gasteiger partial charge in [-0.15, -0.1) is 0 Å². The van der Waals surface area contributed by atoms with Gasteiger partial charge in [-0.3, -0.25) is 0 Å². The molecule has 0 unspecified atom stereocenters. The van der Waals surface area contributed by atoms with Gasteiger partial charge in [-0.2, -0.15) is 0 Å². The van der Waals surface area contributed by atoms with Crippen molar-refractivity contribution >= 4 is 0 Å². The van der Waals surface area contributed by atoms with Crippen LogP contribution in [-0.4, -0.2) is 5.16 Å². The first-order chi connectivity index (χ1) is 5.79. The Bertz CT molecular complexity index is 248. The number of rotatable bonds is 1. The zero-order chi connectivity index (χ0) is 9.14. The van der Waals surface area contributed by atoms with E-state index >= 15 is 0 Å². The molecule has 0 amide bonds. The second-order valence-corrected chi connectivity index (χ2v) is 3.03. The number of hydrogen-bond acceptors (Lipinski definition) is 2. The van der Waals surface area contributed by atoms with Gasteiger partial charge in [-0.25, -0.2) is 0 Å². The zero-order valence-corrected chi connectivity index (χ0v) is 8.35. The highest BCUT2D eigenvalue weighted by molar-refractivity contribution is 5.25. The van der Waals surface area contributed by atoms with E-state index in [1.807, 2.05) is 20.8 Å². The fourth-order valence-corrected chi connectivity index (χ4v) is 1.16. The van der Waals surface area contributed by atoms with Crippen molar-refractivity contribution in [3.05, 3.63) is 17.0 Å². The van der Waals surface area contributed by atoms with Crippen LogP contribution in [0.25, 0.3) is 0 Å². The largest absolute Gasteiger partial charge is 0.361 e. The van der Waals surface area contributed by atoms with Gasteiger partial charge in [0.2, 0.25) is 0 Å². The summed E-state index contributed by atoms with van der Waals surface area (Å²) in [7, 11) is 0. The topological polar surface area (TPSA) is 26.0 Å². The summed E-state index contributed by atoms with van der Waals surface area (Å²) in [6, 6.07) is 0. The summed E-state index contributed by atoms with van der Waals surface area (Å²) in [6.45, 7) is 8.07. The zero-order valence-electron chi connectivity index (χ0n) is 8.35. The molecule has 0 spiro atoms. The SMILES string of the molecule is CC.Cc1noc(C2CC2)c1C. The van der Waals surface area contributed by atoms with Crippen molar-refractivity contribution in [3.63, 3.8) is 0 Å². The van der Waals surface area contributed by atoms with E-state index in [2.05, 4.69) is 12.1 Å². The average molecular weight is 167 g/mol. The molecule has 0 bridgehead atoms. The van der Waals surface area contributed by atoms with Crippen molar-refractivity contribution in [2.75, 3.05) is 0 Å². The van der Waals surface area contributed by atoms with Crippen molar-refractivity contribution < 1.29 is 4.52 Å². The Morgan fingerprint density at radius 3 is 2.17 bits per heavy atom. The Labute approximate surface area is 74.0 Å². The van der Waals surface area contributed by atoms with Crippen molar-refractivity contribution in [1.82, 2.24) is 5.16 Å². The molecule has 0 aromatic carbocycles. The second kappa shape index (κ2) is 3.74. The monoisotopic (exact) mass is 167 g/mol. The normalized spacial score (nSPS) is 15.3. The molecule has 1 aliphatic carbocycles. The Morgan fingerprint density at radius 1 is 1.25 bits per heavy atom. The third-order valence-electron chi connectivity index (χ3n) is 2.14. The van der Waals surface area contributed by atoms with Gasteiger partial charge in [0.1, 0.15) is 5.76 Å². The standard InChI is InChI=1S/C8H11NO.C2H6/c1-5-6(2)9-10-8(5)7-3-4-7;1-2/h7H,3-4H2,1-2H3;1-2H3. The third-order valence-corrected chi connectivity index (χ3v) is 2.14. The van der Waals surface area contributed by atoms with Gasteiger partial charge in [0.05, 0.1) is 5.69 Å². The summed E-state index contributed by atoms with van der Waals surface area (Å²) in [6.07, 6.45) is 2.57. The predicted molar refractivity (Wildman–Crippen MR) is 49.3 cm³/mol. The molecular weight excluding hydrogens is 150 g/mol. The van der Waals surface area contributed by atoms with Crippen LogP contribution in [0.2, 0.25) is 0 Å². The van der Waals surface area contributed by atoms with Crippen LogP contribution in [0.5, 0.6) is 0 Å². The van der Waals surface area contributed by atoms with Crippen LogP contribution in [0.15, 0.2) is 4.52 Å². The van der Waals surface area contributed by atoms with E-state index in [1.165, 1.54) is 18.4 Å². The molecule has 1 aromatic rings. The van der Waals surface area contributed by atoms with Gasteiger partial charge < -0.3 is 4.52 Å². The molecule has 1 heterocycles. The Hall–Kier alpha value is -0.790. The summed E-state index contributed by atoms with van der Waals surface area (Å²) in [5, 5.41) is 3.90. The highest BCUT2D eigenvalue weighted by Gasteiger charge is 2.29. The van der Waals surface area contributed by atoms with Crippen LogP contribution >= 0.6 is 0 Å². The van der Waals surface area contributed by atoms with Crippen LogP contribution in [-0.2, 0) is 0 Å². The summed E-state index contributed by atoms with van der Waals surface area (Å²) < 4.78 is 5.17. The Kier molecular flexibility index (Phi) is 2.90. The summed E-state index contributed by atoms with van der Waals surface area (Å²) >= 11 is 0. The molecule has 2 nitrogen and oxygen atoms in total. The van der Waals surface area contributed by atoms with Crippen LogP contribution < -0.4 is 0 Å². The van der Waals surface area contributed by atoms with Crippen LogP contribution in [0.1, 0.15) is 49.6 Å². The maximum Gasteiger partial charge on any atom is 0.142 e. The van der Waals surface area contributed by atoms with E-state index < -0.39 is 0 Å². The first-order valence-corrected chi connectivity index (χ1v) is 4.72. The molecule has 0 radical (unpaired) electrons. The molecule has 2 rings (SSSR count). The molecule has 1 aliphatic rings. The molecule has 1 saturated carbocycles. The minimum atomic E-state index is 0.696. The summed E-state index contributed by atoms with van der Waals surface area (Å²) in [4.78, 5) is 0. The van der Waals surface area contributed by atoms with Crippen LogP contribution in [0, 0.1) is 13.8 Å². The number of hydrogen-bond donors (Lipinski definition) is 0. The van der Waals surface area contributed by atoms with Gasteiger partial charge in [0.25, 0.3) is 0 Å². The van der Waals surface area contributed by atoms with E-state index in [-0.39, 0.29) is 0 Å². The molecule has 68 valence electrons. The van der Waals surface area contributed by atoms with E-state index in [1.54, 1.807) is 0 Å². The van der Waals surface area contributed by atoms with E-state index in [0.717, 1.165) is 11.5 Å². The Balaban J connectivity index is 0.000000336. The van der Waals surface area contributed by atoms with E-state index in [0.29, 0.717) is 5.92 Å². The fourth-order valence-electron chi connectivity index (χ4n) is 1.16. The molecule has 0 atom stereocenters. The molecule has 12 heavy (non-hydrogen) atoms. The minimum Gasteiger partial charge on any atom is -0.361 e. The fraction of sp³-hybridized carbons (Fsp3) is 0.700. The van der Waals surface area contributed by atoms with Crippen molar-refractivity contribution in [1.29, 1.82) is 0 Å². The van der Waals surface area contributed by atoms with Gasteiger partial charge in [-0.1, -0.05) is 19.0 Å². The van der Waals surface area contributed by atoms with Gasteiger partial charge in [-0.05, 0) is 26.7 Å². The lowest BCUT2D eigenvalue weighted by Gasteiger charge is -1.88. The molecule has 0 N–H and O–H groups in total. The molecule has 0 saturated heterocycles. The van der Waals surface area contributed by atoms with E-state index in [9.17, 15) is 0 Å². The lowest BCUT2D eigenvalue weighted by atomic mass is 10.2. The number of aryl methyl sites for hydroxylation is 1. The lowest BCUT2D eigenvalue weighted by Crippen LogP contribution is -1.78. The molecule has 1 aromatic heterocycles. The Morgan fingerprint density at radius 2 is 1.83 bits per heavy atom. The number of nitrogens with zero attached hydrogens (tertiary/aromatic N) is 1. The maximum absolute atomic E-state index is 5.17. The van der Waals surface area contributed by atoms with Gasteiger partial charge >= 0.3 is 0 Å². The lowest BCUT2D eigenvalue weighted by molar-refractivity contribution is 0.380. The first-order valence-electron chi connectivity index (χ1n) is 4.72. The molecule has 2 heteroatoms. The molecule has 0 aliphatic heterocycles. The minimum absolute atomic E-state index is 0.696. The second-order valence-electron chi connectivity index (χ2n) is 3.03. The molecule has 1 fully saturated rings. The van der Waals surface area contributed by atoms with Crippen molar-refractivity contribution in [2.45, 2.75) is 46.5 Å². The summed E-state index contributed by atoms with van der Waals surface area (Å²) in [5.41, 5.74) is 2.30. The first kappa shape index (κ1) is 9.30. The smallest absolute Gasteiger partial charge is 0.142 e. The quantitative estimate of drug-likeness (QED) is 0.642. The van der Waals surface area contributed by atoms with Crippen LogP contribution in [0.3, 0.4) is 0 Å². The van der Waals surface area contributed by atoms with Gasteiger partial charge in [0.15, 0.2) is 0 Å². The van der Waals surface area contributed by atoms with Crippen molar-refractivity contribution in [2.24, 2.45) is 0 Å². The van der Waals surface area contributed by atoms with Crippen molar-refractivity contribution in [3.8, 4) is 0 Å². The highest BCUT2D eigenvalue weighted by Crippen LogP contribution is 2.41. The highest BCUT2D eigenvalue weighted by atomic mass is 16.5. The van der Waals surface area contributed by atoms with Gasteiger partial charge in [0, 0.05) is 11.5 Å². The van der Waals surface area contributed by atoms with E-state index in [4.69, 9.17) is 4.52 Å². The average Bonchev–Trinajstić information content (AvgIpc) is 2.87. The molecular formula is C10H17NO. The number of aromatic nitrogens is 1. The third kappa shape index (κ3) is 1.68. The van der Waals surface area contributed by atoms with Crippen LogP contribution in [0.4, 0.5) is 0 Å².